The Morgan fingerprint density at radius 2 is 1.88 bits per heavy atom. The first kappa shape index (κ1) is 22.0. The fourth-order valence-corrected chi connectivity index (χ4v) is 4.54. The number of carbonyl (C=O) groups is 1. The molecular formula is C26H27N5O3. The number of carbonyl (C=O) groups excluding carboxylic acids is 1. The lowest BCUT2D eigenvalue weighted by Crippen LogP contribution is -2.36. The van der Waals surface area contributed by atoms with Crippen LogP contribution in [0.4, 0.5) is 5.69 Å². The lowest BCUT2D eigenvalue weighted by Gasteiger charge is -2.28. The highest BCUT2D eigenvalue weighted by atomic mass is 16.5. The molecule has 0 atom stereocenters. The van der Waals surface area contributed by atoms with Crippen LogP contribution in [0.1, 0.15) is 31.4 Å². The number of para-hydroxylation sites is 1. The van der Waals surface area contributed by atoms with E-state index in [1.807, 2.05) is 30.3 Å². The molecule has 1 aromatic carbocycles. The summed E-state index contributed by atoms with van der Waals surface area (Å²) in [6.45, 7) is 0.627. The number of rotatable bonds is 6. The molecule has 1 saturated carbocycles. The highest BCUT2D eigenvalue weighted by Gasteiger charge is 2.26. The normalized spacial score (nSPS) is 18.1. The van der Waals surface area contributed by atoms with E-state index in [1.54, 1.807) is 31.5 Å². The number of ether oxygens (including phenoxy) is 1. The number of phenolic OH excluding ortho intramolecular Hbond substituents is 1. The number of anilines is 1. The second-order valence-electron chi connectivity index (χ2n) is 8.65. The molecule has 5 rings (SSSR count). The fourth-order valence-electron chi connectivity index (χ4n) is 4.54. The number of nitrogens with one attached hydrogen (secondary N) is 2. The average Bonchev–Trinajstić information content (AvgIpc) is 2.88. The van der Waals surface area contributed by atoms with Gasteiger partial charge in [0.1, 0.15) is 16.8 Å². The predicted molar refractivity (Wildman–Crippen MR) is 131 cm³/mol. The largest absolute Gasteiger partial charge is 0.506 e. The zero-order valence-corrected chi connectivity index (χ0v) is 19.0. The van der Waals surface area contributed by atoms with Crippen LogP contribution >= 0.6 is 0 Å². The van der Waals surface area contributed by atoms with E-state index in [4.69, 9.17) is 4.74 Å². The van der Waals surface area contributed by atoms with Crippen molar-refractivity contribution in [1.29, 1.82) is 0 Å². The maximum atomic E-state index is 13.0. The van der Waals surface area contributed by atoms with E-state index < -0.39 is 0 Å². The van der Waals surface area contributed by atoms with E-state index in [0.29, 0.717) is 40.7 Å². The van der Waals surface area contributed by atoms with Gasteiger partial charge in [0.05, 0.1) is 24.0 Å². The number of amides is 1. The molecule has 1 fully saturated rings. The number of hydrogen-bond acceptors (Lipinski definition) is 7. The van der Waals surface area contributed by atoms with Crippen molar-refractivity contribution in [3.63, 3.8) is 0 Å². The van der Waals surface area contributed by atoms with Crippen LogP contribution < -0.4 is 15.4 Å². The Morgan fingerprint density at radius 1 is 1.03 bits per heavy atom. The highest BCUT2D eigenvalue weighted by Crippen LogP contribution is 2.28. The van der Waals surface area contributed by atoms with Crippen molar-refractivity contribution < 1.29 is 14.6 Å². The zero-order chi connectivity index (χ0) is 23.5. The van der Waals surface area contributed by atoms with E-state index in [-0.39, 0.29) is 17.6 Å². The Morgan fingerprint density at radius 3 is 2.71 bits per heavy atom. The highest BCUT2D eigenvalue weighted by molar-refractivity contribution is 6.00. The summed E-state index contributed by atoms with van der Waals surface area (Å²) in [4.78, 5) is 26.3. The molecule has 0 aliphatic heterocycles. The molecule has 0 saturated heterocycles. The minimum absolute atomic E-state index is 0.0160. The summed E-state index contributed by atoms with van der Waals surface area (Å²) in [5.41, 5.74) is 3.50. The smallest absolute Gasteiger partial charge is 0.227 e. The third-order valence-electron chi connectivity index (χ3n) is 6.45. The second-order valence-corrected chi connectivity index (χ2v) is 8.65. The fraction of sp³-hybridized carbons (Fsp3) is 0.308. The third kappa shape index (κ3) is 4.63. The van der Waals surface area contributed by atoms with E-state index in [2.05, 4.69) is 25.6 Å². The standard InChI is InChI=1S/C26H27N5O3/c1-34-23-12-11-20-25(31-23)21(13-14-27-20)30-26(33)17-6-8-18(9-7-17)28-15-19-10-5-16-3-2-4-22(32)24(16)29-19/h2-5,10-14,17-18,28,32H,6-9,15H2,1H3,(H,27,30,33)/t17-,18-. The first-order chi connectivity index (χ1) is 16.6. The van der Waals surface area contributed by atoms with Crippen LogP contribution in [0.25, 0.3) is 21.9 Å². The average molecular weight is 458 g/mol. The lowest BCUT2D eigenvalue weighted by molar-refractivity contribution is -0.120. The number of aromatic nitrogens is 3. The monoisotopic (exact) mass is 457 g/mol. The Labute approximate surface area is 197 Å². The number of phenols is 1. The molecule has 1 aliphatic rings. The maximum Gasteiger partial charge on any atom is 0.227 e. The van der Waals surface area contributed by atoms with E-state index in [9.17, 15) is 9.90 Å². The Bertz CT molecular complexity index is 1330. The van der Waals surface area contributed by atoms with Gasteiger partial charge in [-0.25, -0.2) is 9.97 Å². The Balaban J connectivity index is 1.17. The number of methoxy groups -OCH3 is 1. The van der Waals surface area contributed by atoms with Crippen molar-refractivity contribution in [2.75, 3.05) is 12.4 Å². The van der Waals surface area contributed by atoms with Crippen molar-refractivity contribution in [3.05, 3.63) is 60.4 Å². The molecule has 3 heterocycles. The van der Waals surface area contributed by atoms with Gasteiger partial charge in [0.2, 0.25) is 11.8 Å². The van der Waals surface area contributed by atoms with Crippen LogP contribution in [0.2, 0.25) is 0 Å². The lowest BCUT2D eigenvalue weighted by atomic mass is 9.85. The van der Waals surface area contributed by atoms with E-state index >= 15 is 0 Å². The van der Waals surface area contributed by atoms with Crippen LogP contribution in [-0.2, 0) is 11.3 Å². The number of pyridine rings is 3. The van der Waals surface area contributed by atoms with Crippen molar-refractivity contribution in [2.45, 2.75) is 38.3 Å². The Kier molecular flexibility index (Phi) is 6.22. The molecule has 8 heteroatoms. The summed E-state index contributed by atoms with van der Waals surface area (Å²) in [6.07, 6.45) is 5.14. The predicted octanol–water partition coefficient (Wildman–Crippen LogP) is 4.18. The van der Waals surface area contributed by atoms with Gasteiger partial charge in [0, 0.05) is 36.2 Å². The van der Waals surface area contributed by atoms with E-state index in [1.165, 1.54) is 0 Å². The number of aromatic hydroxyl groups is 1. The molecule has 0 unspecified atom stereocenters. The minimum atomic E-state index is -0.0392. The van der Waals surface area contributed by atoms with Gasteiger partial charge >= 0.3 is 0 Å². The number of benzene rings is 1. The summed E-state index contributed by atoms with van der Waals surface area (Å²) in [5.74, 6) is 0.657. The van der Waals surface area contributed by atoms with Gasteiger partial charge in [-0.15, -0.1) is 0 Å². The summed E-state index contributed by atoms with van der Waals surface area (Å²) in [5, 5.41) is 17.6. The number of hydrogen-bond donors (Lipinski definition) is 3. The topological polar surface area (TPSA) is 109 Å². The first-order valence-electron chi connectivity index (χ1n) is 11.5. The van der Waals surface area contributed by atoms with Gasteiger partial charge in [0.15, 0.2) is 0 Å². The SMILES string of the molecule is COc1ccc2nccc(NC(=O)[C@H]3CC[C@H](NCc4ccc5cccc(O)c5n4)CC3)c2n1. The third-order valence-corrected chi connectivity index (χ3v) is 6.45. The van der Waals surface area contributed by atoms with Crippen molar-refractivity contribution in [2.24, 2.45) is 5.92 Å². The molecule has 8 nitrogen and oxygen atoms in total. The molecule has 4 aromatic rings. The summed E-state index contributed by atoms with van der Waals surface area (Å²) < 4.78 is 5.22. The molecule has 3 N–H and O–H groups in total. The number of fused-ring (bicyclic) bond motifs is 2. The van der Waals surface area contributed by atoms with Gasteiger partial charge in [-0.3, -0.25) is 9.78 Å². The van der Waals surface area contributed by atoms with E-state index in [0.717, 1.165) is 36.8 Å². The van der Waals surface area contributed by atoms with Crippen molar-refractivity contribution in [3.8, 4) is 11.6 Å². The molecular weight excluding hydrogens is 430 g/mol. The minimum Gasteiger partial charge on any atom is -0.506 e. The molecule has 0 bridgehead atoms. The quantitative estimate of drug-likeness (QED) is 0.398. The first-order valence-corrected chi connectivity index (χ1v) is 11.5. The van der Waals surface area contributed by atoms with Crippen LogP contribution in [0.15, 0.2) is 54.7 Å². The van der Waals surface area contributed by atoms with Gasteiger partial charge in [0.25, 0.3) is 0 Å². The second kappa shape index (κ2) is 9.61. The summed E-state index contributed by atoms with van der Waals surface area (Å²) in [7, 11) is 1.56. The maximum absolute atomic E-state index is 13.0. The van der Waals surface area contributed by atoms with Gasteiger partial charge in [-0.05, 0) is 49.9 Å². The molecule has 0 spiro atoms. The van der Waals surface area contributed by atoms with Crippen LogP contribution in [-0.4, -0.2) is 39.1 Å². The van der Waals surface area contributed by atoms with Crippen molar-refractivity contribution >= 4 is 33.5 Å². The van der Waals surface area contributed by atoms with Crippen LogP contribution in [0, 0.1) is 5.92 Å². The molecule has 34 heavy (non-hydrogen) atoms. The van der Waals surface area contributed by atoms with Gasteiger partial charge in [-0.1, -0.05) is 18.2 Å². The molecule has 0 radical (unpaired) electrons. The Hall–Kier alpha value is -3.78. The molecule has 1 aliphatic carbocycles. The zero-order valence-electron chi connectivity index (χ0n) is 19.0. The van der Waals surface area contributed by atoms with Crippen LogP contribution in [0.5, 0.6) is 11.6 Å². The van der Waals surface area contributed by atoms with Gasteiger partial charge < -0.3 is 20.5 Å². The van der Waals surface area contributed by atoms with Crippen LogP contribution in [0.3, 0.4) is 0 Å². The molecule has 174 valence electrons. The van der Waals surface area contributed by atoms with Gasteiger partial charge in [-0.2, -0.15) is 0 Å². The molecule has 1 amide bonds. The number of nitrogens with zero attached hydrogens (tertiary/aromatic N) is 3. The van der Waals surface area contributed by atoms with Crippen molar-refractivity contribution in [1.82, 2.24) is 20.3 Å². The summed E-state index contributed by atoms with van der Waals surface area (Å²) >= 11 is 0. The summed E-state index contributed by atoms with van der Waals surface area (Å²) in [6, 6.07) is 15.1. The molecule has 3 aromatic heterocycles.